The van der Waals surface area contributed by atoms with E-state index in [0.29, 0.717) is 0 Å². The maximum absolute atomic E-state index is 12.5. The molecule has 0 saturated carbocycles. The standard InChI is InChI=1S/C13H11Cl2F3N2O/c14-9-5-7(6-10(19)11(9)15)12(21)20-3-1-8(2-4-20)13(16,17)18/h1,5-6H,2-4,19H2. The van der Waals surface area contributed by atoms with Crippen LogP contribution in [-0.4, -0.2) is 30.1 Å². The van der Waals surface area contributed by atoms with E-state index < -0.39 is 17.7 Å². The van der Waals surface area contributed by atoms with Crippen LogP contribution in [0.3, 0.4) is 0 Å². The van der Waals surface area contributed by atoms with Crippen molar-refractivity contribution in [3.05, 3.63) is 39.4 Å². The molecule has 0 bridgehead atoms. The van der Waals surface area contributed by atoms with Crippen LogP contribution in [0.5, 0.6) is 0 Å². The van der Waals surface area contributed by atoms with Gasteiger partial charge in [-0.15, -0.1) is 0 Å². The molecule has 114 valence electrons. The van der Waals surface area contributed by atoms with Crippen LogP contribution in [0.15, 0.2) is 23.8 Å². The Bertz CT molecular complexity index is 591. The Morgan fingerprint density at radius 1 is 1.29 bits per heavy atom. The van der Waals surface area contributed by atoms with Crippen LogP contribution >= 0.6 is 23.2 Å². The number of nitrogens with two attached hydrogens (primary N) is 1. The van der Waals surface area contributed by atoms with Crippen molar-refractivity contribution in [2.75, 3.05) is 18.8 Å². The summed E-state index contributed by atoms with van der Waals surface area (Å²) in [5.74, 6) is -0.433. The molecule has 3 nitrogen and oxygen atoms in total. The van der Waals surface area contributed by atoms with Crippen molar-refractivity contribution in [2.45, 2.75) is 12.6 Å². The Balaban J connectivity index is 2.18. The smallest absolute Gasteiger partial charge is 0.397 e. The fourth-order valence-electron chi connectivity index (χ4n) is 2.03. The number of amides is 1. The lowest BCUT2D eigenvalue weighted by molar-refractivity contribution is -0.0957. The maximum Gasteiger partial charge on any atom is 0.412 e. The van der Waals surface area contributed by atoms with E-state index in [9.17, 15) is 18.0 Å². The van der Waals surface area contributed by atoms with E-state index in [0.717, 1.165) is 6.08 Å². The van der Waals surface area contributed by atoms with Crippen molar-refractivity contribution in [1.82, 2.24) is 4.90 Å². The number of carbonyl (C=O) groups excluding carboxylic acids is 1. The summed E-state index contributed by atoms with van der Waals surface area (Å²) in [7, 11) is 0. The second-order valence-electron chi connectivity index (χ2n) is 4.59. The quantitative estimate of drug-likeness (QED) is 0.623. The third-order valence-corrected chi connectivity index (χ3v) is 3.98. The van der Waals surface area contributed by atoms with E-state index >= 15 is 0 Å². The largest absolute Gasteiger partial charge is 0.412 e. The topological polar surface area (TPSA) is 46.3 Å². The van der Waals surface area contributed by atoms with Gasteiger partial charge >= 0.3 is 6.18 Å². The van der Waals surface area contributed by atoms with E-state index in [2.05, 4.69) is 0 Å². The van der Waals surface area contributed by atoms with E-state index in [-0.39, 0.29) is 40.8 Å². The summed E-state index contributed by atoms with van der Waals surface area (Å²) in [6, 6.07) is 2.71. The van der Waals surface area contributed by atoms with Gasteiger partial charge in [-0.2, -0.15) is 13.2 Å². The summed E-state index contributed by atoms with van der Waals surface area (Å²) >= 11 is 11.6. The molecule has 0 spiro atoms. The number of rotatable bonds is 1. The lowest BCUT2D eigenvalue weighted by atomic mass is 10.1. The van der Waals surface area contributed by atoms with Crippen molar-refractivity contribution in [1.29, 1.82) is 0 Å². The van der Waals surface area contributed by atoms with Gasteiger partial charge in [-0.1, -0.05) is 29.3 Å². The lowest BCUT2D eigenvalue weighted by Crippen LogP contribution is -2.36. The molecule has 2 N–H and O–H groups in total. The zero-order valence-corrected chi connectivity index (χ0v) is 12.2. The molecule has 1 aliphatic rings. The van der Waals surface area contributed by atoms with Crippen LogP contribution in [0.25, 0.3) is 0 Å². The number of nitrogens with zero attached hydrogens (tertiary/aromatic N) is 1. The van der Waals surface area contributed by atoms with Gasteiger partial charge in [0.25, 0.3) is 5.91 Å². The summed E-state index contributed by atoms with van der Waals surface area (Å²) in [6.07, 6.45) is -3.56. The molecule has 1 amide bonds. The average Bonchev–Trinajstić information content (AvgIpc) is 2.42. The van der Waals surface area contributed by atoms with Gasteiger partial charge in [0.15, 0.2) is 0 Å². The molecule has 8 heteroatoms. The zero-order chi connectivity index (χ0) is 15.8. The average molecular weight is 339 g/mol. The molecule has 0 aromatic heterocycles. The fraction of sp³-hybridized carbons (Fsp3) is 0.308. The Hall–Kier alpha value is -1.40. The predicted octanol–water partition coefficient (Wildman–Crippen LogP) is 3.91. The minimum atomic E-state index is -4.34. The molecule has 0 atom stereocenters. The summed E-state index contributed by atoms with van der Waals surface area (Å²) in [5.41, 5.74) is 5.36. The molecule has 0 aliphatic carbocycles. The van der Waals surface area contributed by atoms with Crippen molar-refractivity contribution in [3.63, 3.8) is 0 Å². The van der Waals surface area contributed by atoms with Gasteiger partial charge in [0.2, 0.25) is 0 Å². The monoisotopic (exact) mass is 338 g/mol. The summed E-state index contributed by atoms with van der Waals surface area (Å²) < 4.78 is 37.6. The molecule has 1 aliphatic heterocycles. The number of hydrogen-bond acceptors (Lipinski definition) is 2. The molecule has 0 saturated heterocycles. The molecule has 2 rings (SSSR count). The van der Waals surface area contributed by atoms with Crippen LogP contribution in [0, 0.1) is 0 Å². The predicted molar refractivity (Wildman–Crippen MR) is 75.5 cm³/mol. The third kappa shape index (κ3) is 3.44. The van der Waals surface area contributed by atoms with Gasteiger partial charge < -0.3 is 10.6 Å². The number of alkyl halides is 3. The SMILES string of the molecule is Nc1cc(C(=O)N2CC=C(C(F)(F)F)CC2)cc(Cl)c1Cl. The summed E-state index contributed by atoms with van der Waals surface area (Å²) in [4.78, 5) is 13.5. The first-order valence-corrected chi connectivity index (χ1v) is 6.75. The Morgan fingerprint density at radius 3 is 2.43 bits per heavy atom. The highest BCUT2D eigenvalue weighted by atomic mass is 35.5. The second kappa shape index (κ2) is 5.77. The van der Waals surface area contributed by atoms with E-state index in [4.69, 9.17) is 28.9 Å². The fourth-order valence-corrected chi connectivity index (χ4v) is 2.36. The van der Waals surface area contributed by atoms with Gasteiger partial charge in [-0.05, 0) is 18.6 Å². The first kappa shape index (κ1) is 16.0. The molecular weight excluding hydrogens is 328 g/mol. The second-order valence-corrected chi connectivity index (χ2v) is 5.37. The number of halogens is 5. The molecule has 0 radical (unpaired) electrons. The minimum absolute atomic E-state index is 0.00960. The van der Waals surface area contributed by atoms with E-state index in [1.54, 1.807) is 0 Å². The molecule has 1 aromatic carbocycles. The normalized spacial score (nSPS) is 15.9. The van der Waals surface area contributed by atoms with Crippen LogP contribution in [0.2, 0.25) is 10.0 Å². The van der Waals surface area contributed by atoms with Gasteiger partial charge in [-0.25, -0.2) is 0 Å². The van der Waals surface area contributed by atoms with E-state index in [1.165, 1.54) is 17.0 Å². The number of anilines is 1. The number of hydrogen-bond donors (Lipinski definition) is 1. The molecule has 21 heavy (non-hydrogen) atoms. The third-order valence-electron chi connectivity index (χ3n) is 3.16. The van der Waals surface area contributed by atoms with Crippen LogP contribution in [0.4, 0.5) is 18.9 Å². The lowest BCUT2D eigenvalue weighted by Gasteiger charge is -2.27. The maximum atomic E-state index is 12.5. The highest BCUT2D eigenvalue weighted by Gasteiger charge is 2.35. The summed E-state index contributed by atoms with van der Waals surface area (Å²) in [5, 5.41) is 0.273. The Kier molecular flexibility index (Phi) is 4.39. The van der Waals surface area contributed by atoms with Crippen LogP contribution < -0.4 is 5.73 Å². The summed E-state index contributed by atoms with van der Waals surface area (Å²) in [6.45, 7) is -0.113. The van der Waals surface area contributed by atoms with Gasteiger partial charge in [0.05, 0.1) is 15.7 Å². The molecule has 1 aromatic rings. The zero-order valence-electron chi connectivity index (χ0n) is 10.7. The number of carbonyl (C=O) groups is 1. The minimum Gasteiger partial charge on any atom is -0.397 e. The Morgan fingerprint density at radius 2 is 1.95 bits per heavy atom. The highest BCUT2D eigenvalue weighted by Crippen LogP contribution is 2.32. The van der Waals surface area contributed by atoms with Crippen LogP contribution in [0.1, 0.15) is 16.8 Å². The first-order valence-electron chi connectivity index (χ1n) is 6.00. The highest BCUT2D eigenvalue weighted by molar-refractivity contribution is 6.43. The van der Waals surface area contributed by atoms with Crippen molar-refractivity contribution < 1.29 is 18.0 Å². The van der Waals surface area contributed by atoms with Gasteiger partial charge in [0.1, 0.15) is 0 Å². The van der Waals surface area contributed by atoms with Crippen molar-refractivity contribution in [3.8, 4) is 0 Å². The molecular formula is C13H11Cl2F3N2O. The first-order chi connectivity index (χ1) is 9.70. The number of benzene rings is 1. The Labute approximate surface area is 129 Å². The van der Waals surface area contributed by atoms with Gasteiger partial charge in [-0.3, -0.25) is 4.79 Å². The molecule has 0 fully saturated rings. The van der Waals surface area contributed by atoms with E-state index in [1.807, 2.05) is 0 Å². The van der Waals surface area contributed by atoms with Crippen molar-refractivity contribution >= 4 is 34.8 Å². The number of nitrogen functional groups attached to an aromatic ring is 1. The molecule has 1 heterocycles. The van der Waals surface area contributed by atoms with Gasteiger partial charge in [0, 0.05) is 24.2 Å². The van der Waals surface area contributed by atoms with Crippen LogP contribution in [-0.2, 0) is 0 Å². The van der Waals surface area contributed by atoms with Crippen molar-refractivity contribution in [2.24, 2.45) is 0 Å². The molecule has 0 unspecified atom stereocenters.